The van der Waals surface area contributed by atoms with Gasteiger partial charge in [0.25, 0.3) is 5.91 Å². The van der Waals surface area contributed by atoms with E-state index in [2.05, 4.69) is 4.90 Å². The van der Waals surface area contributed by atoms with Crippen molar-refractivity contribution in [2.24, 2.45) is 0 Å². The summed E-state index contributed by atoms with van der Waals surface area (Å²) in [4.78, 5) is 17.8. The monoisotopic (exact) mass is 421 g/mol. The van der Waals surface area contributed by atoms with Gasteiger partial charge in [0.1, 0.15) is 0 Å². The van der Waals surface area contributed by atoms with Crippen LogP contribution in [-0.4, -0.2) is 62.8 Å². The zero-order valence-electron chi connectivity index (χ0n) is 18.1. The summed E-state index contributed by atoms with van der Waals surface area (Å²) in [5.41, 5.74) is 1.39. The van der Waals surface area contributed by atoms with E-state index in [9.17, 15) is 13.2 Å². The van der Waals surface area contributed by atoms with Gasteiger partial charge in [0.15, 0.2) is 0 Å². The molecule has 0 bridgehead atoms. The standard InChI is InChI=1S/C22H35N3O3S/c1-4-25(5-2)29(27,28)19-13-14-21(24-15-9-10-16-24)20(17-19)22(26)23(3)18-11-7-6-8-12-18/h13-14,17-18H,4-12,15-16H2,1-3H3. The van der Waals surface area contributed by atoms with Crippen LogP contribution in [0.5, 0.6) is 0 Å². The highest BCUT2D eigenvalue weighted by atomic mass is 32.2. The van der Waals surface area contributed by atoms with E-state index in [0.29, 0.717) is 18.7 Å². The number of nitrogens with zero attached hydrogens (tertiary/aromatic N) is 3. The van der Waals surface area contributed by atoms with Gasteiger partial charge < -0.3 is 9.80 Å². The van der Waals surface area contributed by atoms with Gasteiger partial charge in [0, 0.05) is 45.0 Å². The Hall–Kier alpha value is -1.60. The molecule has 1 amide bonds. The quantitative estimate of drug-likeness (QED) is 0.673. The second kappa shape index (κ2) is 9.47. The van der Waals surface area contributed by atoms with Crippen molar-refractivity contribution in [2.45, 2.75) is 69.7 Å². The molecular formula is C22H35N3O3S. The van der Waals surface area contributed by atoms with E-state index in [-0.39, 0.29) is 16.8 Å². The lowest BCUT2D eigenvalue weighted by molar-refractivity contribution is 0.0696. The Morgan fingerprint density at radius 1 is 1.03 bits per heavy atom. The minimum atomic E-state index is -3.60. The van der Waals surface area contributed by atoms with Crippen LogP contribution in [0.1, 0.15) is 69.2 Å². The Labute approximate surface area is 175 Å². The predicted octanol–water partition coefficient (Wildman–Crippen LogP) is 3.72. The summed E-state index contributed by atoms with van der Waals surface area (Å²) in [7, 11) is -1.73. The minimum absolute atomic E-state index is 0.0598. The Bertz CT molecular complexity index is 809. The molecule has 29 heavy (non-hydrogen) atoms. The molecular weight excluding hydrogens is 386 g/mol. The summed E-state index contributed by atoms with van der Waals surface area (Å²) in [6.07, 6.45) is 7.79. The van der Waals surface area contributed by atoms with Crippen molar-refractivity contribution < 1.29 is 13.2 Å². The minimum Gasteiger partial charge on any atom is -0.371 e. The number of carbonyl (C=O) groups excluding carboxylic acids is 1. The zero-order valence-corrected chi connectivity index (χ0v) is 18.9. The number of hydrogen-bond acceptors (Lipinski definition) is 4. The van der Waals surface area contributed by atoms with Crippen LogP contribution in [0.4, 0.5) is 5.69 Å². The summed E-state index contributed by atoms with van der Waals surface area (Å²) in [6.45, 7) is 6.33. The maximum atomic E-state index is 13.5. The molecule has 1 heterocycles. The highest BCUT2D eigenvalue weighted by molar-refractivity contribution is 7.89. The first-order chi connectivity index (χ1) is 13.9. The number of carbonyl (C=O) groups is 1. The number of rotatable bonds is 7. The number of amides is 1. The Balaban J connectivity index is 2.00. The number of anilines is 1. The van der Waals surface area contributed by atoms with E-state index in [1.165, 1.54) is 10.7 Å². The van der Waals surface area contributed by atoms with E-state index in [0.717, 1.165) is 57.3 Å². The molecule has 1 aromatic carbocycles. The topological polar surface area (TPSA) is 60.9 Å². The molecule has 3 rings (SSSR count). The van der Waals surface area contributed by atoms with Crippen molar-refractivity contribution >= 4 is 21.6 Å². The fraction of sp³-hybridized carbons (Fsp3) is 0.682. The lowest BCUT2D eigenvalue weighted by atomic mass is 9.94. The average molecular weight is 422 g/mol. The van der Waals surface area contributed by atoms with Gasteiger partial charge in [0.05, 0.1) is 10.5 Å². The molecule has 0 aromatic heterocycles. The third-order valence-corrected chi connectivity index (χ3v) is 8.48. The largest absolute Gasteiger partial charge is 0.371 e. The molecule has 2 fully saturated rings. The van der Waals surface area contributed by atoms with Crippen LogP contribution in [0.25, 0.3) is 0 Å². The van der Waals surface area contributed by atoms with Gasteiger partial charge in [0.2, 0.25) is 10.0 Å². The first-order valence-electron chi connectivity index (χ1n) is 11.1. The maximum Gasteiger partial charge on any atom is 0.255 e. The smallest absolute Gasteiger partial charge is 0.255 e. The second-order valence-electron chi connectivity index (χ2n) is 8.17. The first kappa shape index (κ1) is 22.1. The highest BCUT2D eigenvalue weighted by Crippen LogP contribution is 2.31. The summed E-state index contributed by atoms with van der Waals surface area (Å²) in [6, 6.07) is 5.36. The maximum absolute atomic E-state index is 13.5. The normalized spacial score (nSPS) is 18.4. The van der Waals surface area contributed by atoms with Crippen molar-refractivity contribution in [1.29, 1.82) is 0 Å². The lowest BCUT2D eigenvalue weighted by Gasteiger charge is -2.32. The summed E-state index contributed by atoms with van der Waals surface area (Å²) in [5, 5.41) is 0. The molecule has 0 N–H and O–H groups in total. The molecule has 7 heteroatoms. The van der Waals surface area contributed by atoms with Crippen molar-refractivity contribution in [3.8, 4) is 0 Å². The Morgan fingerprint density at radius 3 is 2.24 bits per heavy atom. The summed E-state index contributed by atoms with van der Waals surface area (Å²) >= 11 is 0. The van der Waals surface area contributed by atoms with Crippen LogP contribution in [-0.2, 0) is 10.0 Å². The molecule has 2 aliphatic rings. The number of hydrogen-bond donors (Lipinski definition) is 0. The third kappa shape index (κ3) is 4.61. The van der Waals surface area contributed by atoms with Gasteiger partial charge in [-0.2, -0.15) is 4.31 Å². The van der Waals surface area contributed by atoms with Crippen LogP contribution >= 0.6 is 0 Å². The van der Waals surface area contributed by atoms with Gasteiger partial charge in [-0.05, 0) is 43.9 Å². The molecule has 0 atom stereocenters. The first-order valence-corrected chi connectivity index (χ1v) is 12.5. The fourth-order valence-corrected chi connectivity index (χ4v) is 6.10. The van der Waals surface area contributed by atoms with E-state index < -0.39 is 10.0 Å². The molecule has 1 aliphatic heterocycles. The number of benzene rings is 1. The highest BCUT2D eigenvalue weighted by Gasteiger charge is 2.29. The van der Waals surface area contributed by atoms with Crippen LogP contribution in [0, 0.1) is 0 Å². The molecule has 1 aliphatic carbocycles. The number of sulfonamides is 1. The summed E-state index contributed by atoms with van der Waals surface area (Å²) in [5.74, 6) is -0.0598. The van der Waals surface area contributed by atoms with E-state index in [1.54, 1.807) is 12.1 Å². The lowest BCUT2D eigenvalue weighted by Crippen LogP contribution is -2.39. The van der Waals surface area contributed by atoms with Crippen molar-refractivity contribution in [3.05, 3.63) is 23.8 Å². The zero-order chi connectivity index (χ0) is 21.0. The second-order valence-corrected chi connectivity index (χ2v) is 10.1. The van der Waals surface area contributed by atoms with Crippen LogP contribution in [0.3, 0.4) is 0 Å². The third-order valence-electron chi connectivity index (χ3n) is 6.43. The SMILES string of the molecule is CCN(CC)S(=O)(=O)c1ccc(N2CCCC2)c(C(=O)N(C)C2CCCCC2)c1. The molecule has 1 saturated heterocycles. The fourth-order valence-electron chi connectivity index (χ4n) is 4.62. The predicted molar refractivity (Wildman–Crippen MR) is 117 cm³/mol. The van der Waals surface area contributed by atoms with Gasteiger partial charge in [-0.15, -0.1) is 0 Å². The van der Waals surface area contributed by atoms with Crippen LogP contribution in [0.2, 0.25) is 0 Å². The molecule has 1 aromatic rings. The van der Waals surface area contributed by atoms with Gasteiger partial charge >= 0.3 is 0 Å². The molecule has 1 saturated carbocycles. The van der Waals surface area contributed by atoms with Crippen molar-refractivity contribution in [1.82, 2.24) is 9.21 Å². The Morgan fingerprint density at radius 2 is 1.66 bits per heavy atom. The van der Waals surface area contributed by atoms with E-state index in [1.807, 2.05) is 31.9 Å². The molecule has 0 spiro atoms. The molecule has 162 valence electrons. The van der Waals surface area contributed by atoms with Gasteiger partial charge in [-0.1, -0.05) is 33.1 Å². The van der Waals surface area contributed by atoms with Crippen molar-refractivity contribution in [3.63, 3.8) is 0 Å². The van der Waals surface area contributed by atoms with E-state index in [4.69, 9.17) is 0 Å². The van der Waals surface area contributed by atoms with Crippen molar-refractivity contribution in [2.75, 3.05) is 38.1 Å². The van der Waals surface area contributed by atoms with E-state index >= 15 is 0 Å². The van der Waals surface area contributed by atoms with Gasteiger partial charge in [-0.3, -0.25) is 4.79 Å². The van der Waals surface area contributed by atoms with Crippen LogP contribution in [0.15, 0.2) is 23.1 Å². The molecule has 0 radical (unpaired) electrons. The average Bonchev–Trinajstić information content (AvgIpc) is 3.28. The van der Waals surface area contributed by atoms with Gasteiger partial charge in [-0.25, -0.2) is 8.42 Å². The Kier molecular flexibility index (Phi) is 7.22. The van der Waals surface area contributed by atoms with Crippen LogP contribution < -0.4 is 4.90 Å². The molecule has 0 unspecified atom stereocenters. The molecule has 6 nitrogen and oxygen atoms in total. The summed E-state index contributed by atoms with van der Waals surface area (Å²) < 4.78 is 27.6.